The van der Waals surface area contributed by atoms with E-state index in [-0.39, 0.29) is 17.9 Å². The zero-order valence-electron chi connectivity index (χ0n) is 12.6. The molecule has 4 aliphatic heterocycles. The Morgan fingerprint density at radius 3 is 2.41 bits per heavy atom. The first-order valence-electron chi connectivity index (χ1n) is 8.08. The summed E-state index contributed by atoms with van der Waals surface area (Å²) in [6, 6.07) is 6.23. The van der Waals surface area contributed by atoms with Crippen molar-refractivity contribution in [2.45, 2.75) is 24.4 Å². The van der Waals surface area contributed by atoms with E-state index in [0.717, 1.165) is 38.0 Å². The monoisotopic (exact) mass is 304 g/mol. The number of rotatable bonds is 3. The van der Waals surface area contributed by atoms with Crippen molar-refractivity contribution in [3.8, 4) is 0 Å². The molecule has 1 aromatic rings. The molecule has 0 aliphatic carbocycles. The largest absolute Gasteiger partial charge is 0.460 e. The lowest BCUT2D eigenvalue weighted by molar-refractivity contribution is -0.168. The lowest BCUT2D eigenvalue weighted by Crippen LogP contribution is -2.63. The van der Waals surface area contributed by atoms with Crippen LogP contribution < -0.4 is 5.32 Å². The van der Waals surface area contributed by atoms with E-state index in [1.165, 1.54) is 12.1 Å². The molecule has 0 aromatic heterocycles. The van der Waals surface area contributed by atoms with E-state index in [9.17, 15) is 9.18 Å². The van der Waals surface area contributed by atoms with Crippen LogP contribution in [0.5, 0.6) is 0 Å². The molecule has 2 bridgehead atoms. The summed E-state index contributed by atoms with van der Waals surface area (Å²) in [6.07, 6.45) is 2.27. The summed E-state index contributed by atoms with van der Waals surface area (Å²) >= 11 is 0. The number of esters is 1. The number of halogens is 1. The molecule has 22 heavy (non-hydrogen) atoms. The number of carbonyl (C=O) groups is 1. The Labute approximate surface area is 129 Å². The lowest BCUT2D eigenvalue weighted by Gasteiger charge is -2.46. The van der Waals surface area contributed by atoms with Gasteiger partial charge in [-0.3, -0.25) is 9.69 Å². The second-order valence-corrected chi connectivity index (χ2v) is 6.77. The molecule has 118 valence electrons. The van der Waals surface area contributed by atoms with Gasteiger partial charge in [-0.25, -0.2) is 4.39 Å². The maximum absolute atomic E-state index is 13.1. The molecule has 0 amide bonds. The molecular weight excluding hydrogens is 283 g/mol. The molecule has 5 heteroatoms. The molecular formula is C17H21FN2O2. The van der Waals surface area contributed by atoms with Crippen LogP contribution in [0, 0.1) is 11.7 Å². The Morgan fingerprint density at radius 2 is 1.91 bits per heavy atom. The second-order valence-electron chi connectivity index (χ2n) is 6.77. The Kier molecular flexibility index (Phi) is 3.42. The minimum absolute atomic E-state index is 0.0212. The number of ether oxygens (including phenoxy) is 1. The zero-order chi connectivity index (χ0) is 15.2. The van der Waals surface area contributed by atoms with Gasteiger partial charge in [-0.2, -0.15) is 0 Å². The van der Waals surface area contributed by atoms with Crippen LogP contribution >= 0.6 is 0 Å². The molecule has 1 atom stereocenters. The van der Waals surface area contributed by atoms with Gasteiger partial charge < -0.3 is 10.1 Å². The van der Waals surface area contributed by atoms with Crippen LogP contribution in [-0.4, -0.2) is 49.7 Å². The molecule has 0 spiro atoms. The van der Waals surface area contributed by atoms with Crippen molar-refractivity contribution in [1.82, 2.24) is 10.2 Å². The highest BCUT2D eigenvalue weighted by Crippen LogP contribution is 2.34. The maximum Gasteiger partial charge on any atom is 0.319 e. The molecule has 1 N–H and O–H groups in total. The first kappa shape index (κ1) is 14.2. The average molecular weight is 304 g/mol. The van der Waals surface area contributed by atoms with Crippen LogP contribution in [0.25, 0.3) is 0 Å². The van der Waals surface area contributed by atoms with Crippen LogP contribution in [-0.2, 0) is 14.9 Å². The van der Waals surface area contributed by atoms with Gasteiger partial charge >= 0.3 is 5.97 Å². The summed E-state index contributed by atoms with van der Waals surface area (Å²) in [5.41, 5.74) is 0.207. The van der Waals surface area contributed by atoms with E-state index in [2.05, 4.69) is 10.2 Å². The molecule has 4 saturated heterocycles. The number of nitrogens with one attached hydrogen (secondary N) is 1. The number of hydrogen-bond acceptors (Lipinski definition) is 4. The van der Waals surface area contributed by atoms with Crippen molar-refractivity contribution in [2.24, 2.45) is 5.92 Å². The predicted molar refractivity (Wildman–Crippen MR) is 80.0 cm³/mol. The minimum Gasteiger partial charge on any atom is -0.460 e. The van der Waals surface area contributed by atoms with Crippen molar-refractivity contribution in [3.63, 3.8) is 0 Å². The summed E-state index contributed by atoms with van der Waals surface area (Å²) < 4.78 is 19.0. The van der Waals surface area contributed by atoms with Gasteiger partial charge in [0.1, 0.15) is 17.3 Å². The molecule has 4 fully saturated rings. The minimum atomic E-state index is -0.639. The van der Waals surface area contributed by atoms with Crippen LogP contribution in [0.3, 0.4) is 0 Å². The summed E-state index contributed by atoms with van der Waals surface area (Å²) in [7, 11) is 0. The normalized spacial score (nSPS) is 32.3. The van der Waals surface area contributed by atoms with E-state index in [1.807, 2.05) is 0 Å². The second kappa shape index (κ2) is 5.32. The Hall–Kier alpha value is -1.46. The molecule has 0 radical (unpaired) electrons. The Morgan fingerprint density at radius 1 is 1.23 bits per heavy atom. The quantitative estimate of drug-likeness (QED) is 0.855. The molecule has 4 nitrogen and oxygen atoms in total. The number of fused-ring (bicyclic) bond motifs is 3. The standard InChI is InChI=1S/C17H21FN2O2/c18-14-3-1-13(2-4-14)17(10-19-11-17)16(21)22-15-9-20-7-5-12(15)6-8-20/h1-4,12,15,19H,5-11H2. The van der Waals surface area contributed by atoms with Crippen LogP contribution in [0.4, 0.5) is 4.39 Å². The number of benzene rings is 1. The number of nitrogens with zero attached hydrogens (tertiary/aromatic N) is 1. The van der Waals surface area contributed by atoms with Crippen molar-refractivity contribution >= 4 is 5.97 Å². The van der Waals surface area contributed by atoms with Crippen LogP contribution in [0.2, 0.25) is 0 Å². The highest BCUT2D eigenvalue weighted by Gasteiger charge is 2.49. The highest BCUT2D eigenvalue weighted by molar-refractivity contribution is 5.85. The highest BCUT2D eigenvalue weighted by atomic mass is 19.1. The molecule has 0 saturated carbocycles. The maximum atomic E-state index is 13.1. The number of carbonyl (C=O) groups excluding carboxylic acids is 1. The Bertz CT molecular complexity index is 563. The fraction of sp³-hybridized carbons (Fsp3) is 0.588. The summed E-state index contributed by atoms with van der Waals surface area (Å²) in [4.78, 5) is 15.2. The van der Waals surface area contributed by atoms with Gasteiger partial charge in [0.25, 0.3) is 0 Å². The van der Waals surface area contributed by atoms with E-state index in [1.54, 1.807) is 12.1 Å². The van der Waals surface area contributed by atoms with Gasteiger partial charge in [0.2, 0.25) is 0 Å². The summed E-state index contributed by atoms with van der Waals surface area (Å²) in [5.74, 6) is 0.0702. The molecule has 5 rings (SSSR count). The van der Waals surface area contributed by atoms with E-state index >= 15 is 0 Å². The SMILES string of the molecule is O=C(OC1CN2CCC1CC2)C1(c2ccc(F)cc2)CNC1. The van der Waals surface area contributed by atoms with E-state index < -0.39 is 5.41 Å². The van der Waals surface area contributed by atoms with Crippen LogP contribution in [0.1, 0.15) is 18.4 Å². The topological polar surface area (TPSA) is 41.6 Å². The lowest BCUT2D eigenvalue weighted by atomic mass is 9.75. The van der Waals surface area contributed by atoms with Gasteiger partial charge in [0.15, 0.2) is 0 Å². The smallest absolute Gasteiger partial charge is 0.319 e. The first-order valence-corrected chi connectivity index (χ1v) is 8.08. The third-order valence-electron chi connectivity index (χ3n) is 5.50. The van der Waals surface area contributed by atoms with E-state index in [4.69, 9.17) is 4.74 Å². The first-order chi connectivity index (χ1) is 10.7. The zero-order valence-corrected chi connectivity index (χ0v) is 12.6. The van der Waals surface area contributed by atoms with Gasteiger partial charge in [0.05, 0.1) is 0 Å². The summed E-state index contributed by atoms with van der Waals surface area (Å²) in [5, 5.41) is 3.16. The average Bonchev–Trinajstić information content (AvgIpc) is 2.49. The number of hydrogen-bond donors (Lipinski definition) is 1. The Balaban J connectivity index is 1.51. The van der Waals surface area contributed by atoms with Crippen molar-refractivity contribution < 1.29 is 13.9 Å². The van der Waals surface area contributed by atoms with Gasteiger partial charge in [-0.15, -0.1) is 0 Å². The molecule has 1 aromatic carbocycles. The molecule has 1 unspecified atom stereocenters. The van der Waals surface area contributed by atoms with Crippen molar-refractivity contribution in [1.29, 1.82) is 0 Å². The molecule has 4 heterocycles. The third kappa shape index (κ3) is 2.23. The fourth-order valence-corrected chi connectivity index (χ4v) is 3.90. The number of piperidine rings is 3. The molecule has 4 aliphatic rings. The summed E-state index contributed by atoms with van der Waals surface area (Å²) in [6.45, 7) is 4.26. The van der Waals surface area contributed by atoms with Crippen molar-refractivity contribution in [3.05, 3.63) is 35.6 Å². The van der Waals surface area contributed by atoms with Crippen LogP contribution in [0.15, 0.2) is 24.3 Å². The fourth-order valence-electron chi connectivity index (χ4n) is 3.90. The predicted octanol–water partition coefficient (Wildman–Crippen LogP) is 1.30. The third-order valence-corrected chi connectivity index (χ3v) is 5.50. The van der Waals surface area contributed by atoms with Gasteiger partial charge in [-0.1, -0.05) is 12.1 Å². The van der Waals surface area contributed by atoms with E-state index in [0.29, 0.717) is 19.0 Å². The van der Waals surface area contributed by atoms with Gasteiger partial charge in [-0.05, 0) is 49.5 Å². The van der Waals surface area contributed by atoms with Gasteiger partial charge in [0, 0.05) is 19.6 Å². The van der Waals surface area contributed by atoms with Crippen molar-refractivity contribution in [2.75, 3.05) is 32.7 Å².